The summed E-state index contributed by atoms with van der Waals surface area (Å²) in [5, 5.41) is 6.04. The van der Waals surface area contributed by atoms with Crippen molar-refractivity contribution in [2.45, 2.75) is 13.8 Å². The molecule has 1 fully saturated rings. The van der Waals surface area contributed by atoms with E-state index in [4.69, 9.17) is 9.47 Å². The number of ether oxygens (including phenoxy) is 2. The number of carbonyl (C=O) groups is 1. The molecule has 4 aromatic rings. The van der Waals surface area contributed by atoms with Gasteiger partial charge in [0.15, 0.2) is 0 Å². The average molecular weight is 539 g/mol. The van der Waals surface area contributed by atoms with Gasteiger partial charge in [0.1, 0.15) is 5.75 Å². The topological polar surface area (TPSA) is 91.8 Å². The van der Waals surface area contributed by atoms with E-state index in [0.29, 0.717) is 17.4 Å². The van der Waals surface area contributed by atoms with Crippen LogP contribution < -0.4 is 25.0 Å². The van der Waals surface area contributed by atoms with Crippen LogP contribution in [0.5, 0.6) is 11.6 Å². The molecule has 9 nitrogen and oxygen atoms in total. The van der Waals surface area contributed by atoms with Crippen molar-refractivity contribution in [3.63, 3.8) is 0 Å². The number of anilines is 4. The summed E-state index contributed by atoms with van der Waals surface area (Å²) in [6, 6.07) is 21.3. The second-order valence-electron chi connectivity index (χ2n) is 9.85. The molecule has 206 valence electrons. The largest absolute Gasteiger partial charge is 0.497 e. The van der Waals surface area contributed by atoms with E-state index in [9.17, 15) is 4.79 Å². The zero-order valence-electron chi connectivity index (χ0n) is 23.3. The van der Waals surface area contributed by atoms with Crippen molar-refractivity contribution in [3.8, 4) is 22.8 Å². The minimum Gasteiger partial charge on any atom is -0.497 e. The summed E-state index contributed by atoms with van der Waals surface area (Å²) in [5.74, 6) is 1.15. The number of nitrogens with one attached hydrogen (secondary N) is 2. The number of hydrogen-bond acceptors (Lipinski definition) is 8. The third-order valence-electron chi connectivity index (χ3n) is 7.18. The van der Waals surface area contributed by atoms with E-state index in [2.05, 4.69) is 69.5 Å². The first-order valence-corrected chi connectivity index (χ1v) is 13.3. The minimum atomic E-state index is -0.655. The lowest BCUT2D eigenvalue weighted by molar-refractivity contribution is 0.213. The second kappa shape index (κ2) is 12.0. The Morgan fingerprint density at radius 3 is 2.45 bits per heavy atom. The fourth-order valence-electron chi connectivity index (χ4n) is 4.66. The number of piperazine rings is 1. The number of aromatic nitrogens is 2. The van der Waals surface area contributed by atoms with Crippen molar-refractivity contribution in [2.75, 3.05) is 55.9 Å². The van der Waals surface area contributed by atoms with Crippen LogP contribution in [0.25, 0.3) is 11.1 Å². The Morgan fingerprint density at radius 1 is 0.925 bits per heavy atom. The van der Waals surface area contributed by atoms with Crippen LogP contribution >= 0.6 is 0 Å². The number of methoxy groups -OCH3 is 1. The van der Waals surface area contributed by atoms with Gasteiger partial charge in [0.05, 0.1) is 12.8 Å². The molecule has 1 aromatic heterocycles. The second-order valence-corrected chi connectivity index (χ2v) is 9.85. The lowest BCUT2D eigenvalue weighted by Gasteiger charge is -2.34. The SMILES string of the molecule is COc1ccc(NC(=O)Oc2ccnc(Nc3ccc(N4CCN(C)CC4)cc3)n2)c(-c2cccc(C)c2C)c1. The summed E-state index contributed by atoms with van der Waals surface area (Å²) >= 11 is 0. The van der Waals surface area contributed by atoms with Gasteiger partial charge in [-0.3, -0.25) is 5.32 Å². The molecule has 0 saturated carbocycles. The van der Waals surface area contributed by atoms with Crippen molar-refractivity contribution >= 4 is 29.1 Å². The number of carbonyl (C=O) groups excluding carboxylic acids is 1. The van der Waals surface area contributed by atoms with Gasteiger partial charge < -0.3 is 24.6 Å². The number of rotatable bonds is 7. The highest BCUT2D eigenvalue weighted by Gasteiger charge is 2.16. The Kier molecular flexibility index (Phi) is 8.12. The number of aryl methyl sites for hydroxylation is 1. The molecule has 5 rings (SSSR count). The van der Waals surface area contributed by atoms with Gasteiger partial charge in [-0.15, -0.1) is 0 Å². The van der Waals surface area contributed by atoms with Crippen LogP contribution in [0.1, 0.15) is 11.1 Å². The van der Waals surface area contributed by atoms with Gasteiger partial charge in [-0.25, -0.2) is 9.78 Å². The zero-order chi connectivity index (χ0) is 28.1. The van der Waals surface area contributed by atoms with Crippen LogP contribution in [0.2, 0.25) is 0 Å². The van der Waals surface area contributed by atoms with E-state index in [0.717, 1.165) is 54.1 Å². The molecular formula is C31H34N6O3. The smallest absolute Gasteiger partial charge is 0.418 e. The van der Waals surface area contributed by atoms with Gasteiger partial charge in [-0.1, -0.05) is 18.2 Å². The maximum absolute atomic E-state index is 12.9. The standard InChI is InChI=1S/C31H34N6O3/c1-21-6-5-7-26(22(21)2)27-20-25(39-4)12-13-28(27)34-31(38)40-29-14-15-32-30(35-29)33-23-8-10-24(11-9-23)37-18-16-36(3)17-19-37/h5-15,20H,16-19H2,1-4H3,(H,34,38)(H,32,33,35). The fraction of sp³-hybridized carbons (Fsp3) is 0.258. The monoisotopic (exact) mass is 538 g/mol. The van der Waals surface area contributed by atoms with E-state index in [1.54, 1.807) is 31.5 Å². The zero-order valence-corrected chi connectivity index (χ0v) is 23.3. The van der Waals surface area contributed by atoms with Gasteiger partial charge in [-0.05, 0) is 80.1 Å². The molecule has 0 radical (unpaired) electrons. The summed E-state index contributed by atoms with van der Waals surface area (Å²) in [5.41, 5.74) is 6.75. The van der Waals surface area contributed by atoms with Crippen molar-refractivity contribution < 1.29 is 14.3 Å². The van der Waals surface area contributed by atoms with Crippen molar-refractivity contribution in [1.82, 2.24) is 14.9 Å². The lowest BCUT2D eigenvalue weighted by Crippen LogP contribution is -2.44. The normalized spacial score (nSPS) is 13.6. The third kappa shape index (κ3) is 6.32. The van der Waals surface area contributed by atoms with Crippen LogP contribution in [0, 0.1) is 13.8 Å². The van der Waals surface area contributed by atoms with Crippen LogP contribution in [-0.2, 0) is 0 Å². The van der Waals surface area contributed by atoms with Crippen LogP contribution in [0.3, 0.4) is 0 Å². The summed E-state index contributed by atoms with van der Waals surface area (Å²) < 4.78 is 11.0. The highest BCUT2D eigenvalue weighted by atomic mass is 16.6. The van der Waals surface area contributed by atoms with Crippen molar-refractivity contribution in [2.24, 2.45) is 0 Å². The number of amides is 1. The Labute approximate surface area is 234 Å². The first-order valence-electron chi connectivity index (χ1n) is 13.3. The van der Waals surface area contributed by atoms with E-state index in [-0.39, 0.29) is 5.88 Å². The molecular weight excluding hydrogens is 504 g/mol. The van der Waals surface area contributed by atoms with Gasteiger partial charge in [-0.2, -0.15) is 4.98 Å². The quantitative estimate of drug-likeness (QED) is 0.302. The Hall–Kier alpha value is -4.63. The predicted molar refractivity (Wildman–Crippen MR) is 159 cm³/mol. The molecule has 0 spiro atoms. The highest BCUT2D eigenvalue weighted by Crippen LogP contribution is 2.35. The van der Waals surface area contributed by atoms with Crippen molar-refractivity contribution in [3.05, 3.63) is 84.1 Å². The summed E-state index contributed by atoms with van der Waals surface area (Å²) in [7, 11) is 3.76. The number of nitrogens with zero attached hydrogens (tertiary/aromatic N) is 4. The van der Waals surface area contributed by atoms with E-state index >= 15 is 0 Å². The van der Waals surface area contributed by atoms with Gasteiger partial charge in [0, 0.05) is 55.4 Å². The Bertz CT molecular complexity index is 1480. The van der Waals surface area contributed by atoms with Crippen molar-refractivity contribution in [1.29, 1.82) is 0 Å². The van der Waals surface area contributed by atoms with Gasteiger partial charge in [0.2, 0.25) is 11.8 Å². The first kappa shape index (κ1) is 27.0. The molecule has 0 aliphatic carbocycles. The Morgan fingerprint density at radius 2 is 1.70 bits per heavy atom. The number of hydrogen-bond donors (Lipinski definition) is 2. The molecule has 0 bridgehead atoms. The van der Waals surface area contributed by atoms with E-state index < -0.39 is 6.09 Å². The summed E-state index contributed by atoms with van der Waals surface area (Å²) in [4.78, 5) is 26.2. The molecule has 1 amide bonds. The molecule has 2 heterocycles. The maximum Gasteiger partial charge on any atom is 0.418 e. The Balaban J connectivity index is 1.26. The van der Waals surface area contributed by atoms with Crippen LogP contribution in [-0.4, -0.2) is 61.3 Å². The van der Waals surface area contributed by atoms with Crippen LogP contribution in [0.4, 0.5) is 27.8 Å². The van der Waals surface area contributed by atoms with Gasteiger partial charge >= 0.3 is 6.09 Å². The van der Waals surface area contributed by atoms with Gasteiger partial charge in [0.25, 0.3) is 0 Å². The summed E-state index contributed by atoms with van der Waals surface area (Å²) in [6.07, 6.45) is 0.892. The molecule has 2 N–H and O–H groups in total. The molecule has 3 aromatic carbocycles. The molecule has 9 heteroatoms. The first-order chi connectivity index (χ1) is 19.4. The fourth-order valence-corrected chi connectivity index (χ4v) is 4.66. The highest BCUT2D eigenvalue weighted by molar-refractivity contribution is 5.93. The average Bonchev–Trinajstić information content (AvgIpc) is 2.96. The van der Waals surface area contributed by atoms with E-state index in [1.165, 1.54) is 5.69 Å². The maximum atomic E-state index is 12.9. The molecule has 1 saturated heterocycles. The molecule has 40 heavy (non-hydrogen) atoms. The number of benzene rings is 3. The molecule has 0 atom stereocenters. The van der Waals surface area contributed by atoms with E-state index in [1.807, 2.05) is 30.3 Å². The minimum absolute atomic E-state index is 0.130. The number of likely N-dealkylation sites (N-methyl/N-ethyl adjacent to an activating group) is 1. The third-order valence-corrected chi connectivity index (χ3v) is 7.18. The lowest BCUT2D eigenvalue weighted by atomic mass is 9.95. The molecule has 0 unspecified atom stereocenters. The predicted octanol–water partition coefficient (Wildman–Crippen LogP) is 5.88. The molecule has 1 aliphatic rings. The van der Waals surface area contributed by atoms with Crippen LogP contribution in [0.15, 0.2) is 72.9 Å². The molecule has 1 aliphatic heterocycles. The summed E-state index contributed by atoms with van der Waals surface area (Å²) in [6.45, 7) is 8.25.